The fourth-order valence-corrected chi connectivity index (χ4v) is 2.85. The highest BCUT2D eigenvalue weighted by molar-refractivity contribution is 8.00. The van der Waals surface area contributed by atoms with Gasteiger partial charge in [0, 0.05) is 11.5 Å². The van der Waals surface area contributed by atoms with E-state index < -0.39 is 5.60 Å². The van der Waals surface area contributed by atoms with E-state index in [2.05, 4.69) is 12.1 Å². The number of hydrogen-bond donors (Lipinski definition) is 1. The number of ether oxygens (including phenoxy) is 1. The predicted octanol–water partition coefficient (Wildman–Crippen LogP) is 1.65. The number of rotatable bonds is 1. The second-order valence-corrected chi connectivity index (χ2v) is 4.99. The summed E-state index contributed by atoms with van der Waals surface area (Å²) >= 11 is 1.79. The first kappa shape index (κ1) is 8.77. The van der Waals surface area contributed by atoms with E-state index in [-0.39, 0.29) is 0 Å². The molecule has 0 spiro atoms. The van der Waals surface area contributed by atoms with Gasteiger partial charge < -0.3 is 9.84 Å². The average molecular weight is 208 g/mol. The molecule has 0 aromatic heterocycles. The molecule has 1 aromatic carbocycles. The van der Waals surface area contributed by atoms with Crippen LogP contribution in [0.1, 0.15) is 16.7 Å². The van der Waals surface area contributed by atoms with Gasteiger partial charge in [-0.25, -0.2) is 0 Å². The van der Waals surface area contributed by atoms with Gasteiger partial charge in [0.25, 0.3) is 0 Å². The summed E-state index contributed by atoms with van der Waals surface area (Å²) in [6.45, 7) is 1.43. The highest BCUT2D eigenvalue weighted by atomic mass is 32.2. The number of benzene rings is 1. The minimum absolute atomic E-state index is 0.567. The maximum Gasteiger partial charge on any atom is 0.108 e. The van der Waals surface area contributed by atoms with E-state index in [1.165, 1.54) is 11.1 Å². The normalized spacial score (nSPS) is 22.9. The average Bonchev–Trinajstić information content (AvgIpc) is 2.60. The molecule has 2 aliphatic rings. The van der Waals surface area contributed by atoms with Crippen molar-refractivity contribution >= 4 is 11.8 Å². The summed E-state index contributed by atoms with van der Waals surface area (Å²) in [6, 6.07) is 6.22. The molecule has 0 amide bonds. The van der Waals surface area contributed by atoms with E-state index in [0.29, 0.717) is 6.61 Å². The molecule has 2 heterocycles. The second-order valence-electron chi connectivity index (χ2n) is 4.00. The Morgan fingerprint density at radius 1 is 1.21 bits per heavy atom. The van der Waals surface area contributed by atoms with Crippen molar-refractivity contribution in [1.29, 1.82) is 0 Å². The van der Waals surface area contributed by atoms with Crippen LogP contribution in [0.2, 0.25) is 0 Å². The summed E-state index contributed by atoms with van der Waals surface area (Å²) in [6.07, 6.45) is 0. The Hall–Kier alpha value is -0.510. The zero-order chi connectivity index (χ0) is 9.60. The Bertz CT molecular complexity index is 372. The summed E-state index contributed by atoms with van der Waals surface area (Å²) in [5.41, 5.74) is 3.00. The van der Waals surface area contributed by atoms with Crippen LogP contribution in [0.15, 0.2) is 18.2 Å². The van der Waals surface area contributed by atoms with Crippen molar-refractivity contribution in [1.82, 2.24) is 0 Å². The zero-order valence-electron chi connectivity index (χ0n) is 7.82. The Balaban J connectivity index is 2.00. The Morgan fingerprint density at radius 2 is 2.00 bits per heavy atom. The van der Waals surface area contributed by atoms with Gasteiger partial charge in [0.05, 0.1) is 13.2 Å². The third-order valence-corrected chi connectivity index (χ3v) is 4.30. The summed E-state index contributed by atoms with van der Waals surface area (Å²) in [7, 11) is 0. The number of fused-ring (bicyclic) bond motifs is 1. The molecule has 3 rings (SSSR count). The SMILES string of the molecule is OC1(c2ccc3c(c2)COC3)CSC1. The van der Waals surface area contributed by atoms with Gasteiger partial charge in [0.2, 0.25) is 0 Å². The van der Waals surface area contributed by atoms with Crippen LogP contribution < -0.4 is 0 Å². The molecular weight excluding hydrogens is 196 g/mol. The first-order valence-electron chi connectivity index (χ1n) is 4.78. The fraction of sp³-hybridized carbons (Fsp3) is 0.455. The van der Waals surface area contributed by atoms with Crippen LogP contribution in [0.25, 0.3) is 0 Å². The lowest BCUT2D eigenvalue weighted by atomic mass is 9.94. The molecule has 0 unspecified atom stereocenters. The van der Waals surface area contributed by atoms with Crippen molar-refractivity contribution in [2.75, 3.05) is 11.5 Å². The van der Waals surface area contributed by atoms with Crippen molar-refractivity contribution in [2.45, 2.75) is 18.8 Å². The van der Waals surface area contributed by atoms with Gasteiger partial charge in [0.15, 0.2) is 0 Å². The van der Waals surface area contributed by atoms with Crippen LogP contribution in [0.3, 0.4) is 0 Å². The molecular formula is C11H12O2S. The van der Waals surface area contributed by atoms with E-state index in [0.717, 1.165) is 23.7 Å². The molecule has 0 atom stereocenters. The molecule has 1 N–H and O–H groups in total. The first-order valence-corrected chi connectivity index (χ1v) is 5.94. The molecule has 14 heavy (non-hydrogen) atoms. The maximum absolute atomic E-state index is 10.2. The van der Waals surface area contributed by atoms with Crippen LogP contribution in [-0.2, 0) is 23.6 Å². The monoisotopic (exact) mass is 208 g/mol. The molecule has 2 aliphatic heterocycles. The molecule has 1 fully saturated rings. The van der Waals surface area contributed by atoms with Crippen LogP contribution in [0, 0.1) is 0 Å². The minimum Gasteiger partial charge on any atom is -0.383 e. The van der Waals surface area contributed by atoms with E-state index >= 15 is 0 Å². The molecule has 0 aliphatic carbocycles. The van der Waals surface area contributed by atoms with Gasteiger partial charge >= 0.3 is 0 Å². The molecule has 2 nitrogen and oxygen atoms in total. The van der Waals surface area contributed by atoms with Gasteiger partial charge in [-0.1, -0.05) is 18.2 Å². The summed E-state index contributed by atoms with van der Waals surface area (Å²) < 4.78 is 5.35. The molecule has 0 bridgehead atoms. The van der Waals surface area contributed by atoms with Gasteiger partial charge in [0.1, 0.15) is 5.60 Å². The lowest BCUT2D eigenvalue weighted by molar-refractivity contribution is 0.0767. The second kappa shape index (κ2) is 2.99. The molecule has 74 valence electrons. The smallest absolute Gasteiger partial charge is 0.108 e. The maximum atomic E-state index is 10.2. The van der Waals surface area contributed by atoms with Crippen LogP contribution in [0.5, 0.6) is 0 Å². The van der Waals surface area contributed by atoms with Crippen molar-refractivity contribution in [3.8, 4) is 0 Å². The number of aliphatic hydroxyl groups is 1. The summed E-state index contributed by atoms with van der Waals surface area (Å²) in [5, 5.41) is 10.2. The Morgan fingerprint density at radius 3 is 2.71 bits per heavy atom. The lowest BCUT2D eigenvalue weighted by Crippen LogP contribution is -2.39. The molecule has 3 heteroatoms. The van der Waals surface area contributed by atoms with Crippen LogP contribution >= 0.6 is 11.8 Å². The molecule has 1 aromatic rings. The Labute approximate surface area is 87.3 Å². The highest BCUT2D eigenvalue weighted by Gasteiger charge is 2.37. The van der Waals surface area contributed by atoms with E-state index in [1.54, 1.807) is 11.8 Å². The van der Waals surface area contributed by atoms with Crippen molar-refractivity contribution in [3.05, 3.63) is 34.9 Å². The van der Waals surface area contributed by atoms with Gasteiger partial charge in [-0.15, -0.1) is 0 Å². The summed E-state index contributed by atoms with van der Waals surface area (Å²) in [5.74, 6) is 1.65. The standard InChI is InChI=1S/C11H12O2S/c12-11(6-14-7-11)10-2-1-8-4-13-5-9(8)3-10/h1-3,12H,4-7H2. The largest absolute Gasteiger partial charge is 0.383 e. The third-order valence-electron chi connectivity index (χ3n) is 2.94. The van der Waals surface area contributed by atoms with E-state index in [1.807, 2.05) is 6.07 Å². The van der Waals surface area contributed by atoms with E-state index in [4.69, 9.17) is 4.74 Å². The quantitative estimate of drug-likeness (QED) is 0.761. The predicted molar refractivity (Wildman–Crippen MR) is 56.2 cm³/mol. The van der Waals surface area contributed by atoms with Gasteiger partial charge in [-0.2, -0.15) is 11.8 Å². The lowest BCUT2D eigenvalue weighted by Gasteiger charge is -2.36. The van der Waals surface area contributed by atoms with Crippen molar-refractivity contribution in [3.63, 3.8) is 0 Å². The first-order chi connectivity index (χ1) is 6.78. The molecule has 1 saturated heterocycles. The summed E-state index contributed by atoms with van der Waals surface area (Å²) in [4.78, 5) is 0. The van der Waals surface area contributed by atoms with Crippen molar-refractivity contribution < 1.29 is 9.84 Å². The number of hydrogen-bond acceptors (Lipinski definition) is 3. The van der Waals surface area contributed by atoms with Gasteiger partial charge in [-0.05, 0) is 16.7 Å². The molecule has 0 radical (unpaired) electrons. The fourth-order valence-electron chi connectivity index (χ4n) is 1.92. The molecule has 0 saturated carbocycles. The topological polar surface area (TPSA) is 29.5 Å². The minimum atomic E-state index is -0.567. The van der Waals surface area contributed by atoms with Crippen LogP contribution in [0.4, 0.5) is 0 Å². The third kappa shape index (κ3) is 1.20. The van der Waals surface area contributed by atoms with Crippen LogP contribution in [-0.4, -0.2) is 16.6 Å². The van der Waals surface area contributed by atoms with Gasteiger partial charge in [-0.3, -0.25) is 0 Å². The van der Waals surface area contributed by atoms with E-state index in [9.17, 15) is 5.11 Å². The zero-order valence-corrected chi connectivity index (χ0v) is 8.64. The Kier molecular flexibility index (Phi) is 1.87. The number of thioether (sulfide) groups is 1. The highest BCUT2D eigenvalue weighted by Crippen LogP contribution is 2.39. The van der Waals surface area contributed by atoms with Crippen molar-refractivity contribution in [2.24, 2.45) is 0 Å².